The first-order valence-corrected chi connectivity index (χ1v) is 4.48. The number of nitrogens with zero attached hydrogens (tertiary/aromatic N) is 1. The fourth-order valence-corrected chi connectivity index (χ4v) is 1.45. The van der Waals surface area contributed by atoms with Gasteiger partial charge in [0.1, 0.15) is 0 Å². The van der Waals surface area contributed by atoms with Gasteiger partial charge in [0.2, 0.25) is 5.91 Å². The Morgan fingerprint density at radius 3 is 2.71 bits per heavy atom. The molecular formula is C9H14N2O3. The van der Waals surface area contributed by atoms with Crippen LogP contribution < -0.4 is 5.32 Å². The highest BCUT2D eigenvalue weighted by Crippen LogP contribution is 2.05. The SMILES string of the molecule is CN1CCC(NC(=O)/C=C/C(=O)O)C1. The number of hydrogen-bond acceptors (Lipinski definition) is 3. The van der Waals surface area contributed by atoms with Crippen molar-refractivity contribution in [3.8, 4) is 0 Å². The molecular weight excluding hydrogens is 184 g/mol. The fraction of sp³-hybridized carbons (Fsp3) is 0.556. The van der Waals surface area contributed by atoms with Crippen LogP contribution in [0.15, 0.2) is 12.2 Å². The van der Waals surface area contributed by atoms with E-state index in [1.54, 1.807) is 0 Å². The van der Waals surface area contributed by atoms with Gasteiger partial charge < -0.3 is 15.3 Å². The van der Waals surface area contributed by atoms with E-state index in [4.69, 9.17) is 5.11 Å². The standard InChI is InChI=1S/C9H14N2O3/c1-11-5-4-7(6-11)10-8(12)2-3-9(13)14/h2-3,7H,4-6H2,1H3,(H,10,12)(H,13,14)/b3-2+. The number of nitrogens with one attached hydrogen (secondary N) is 1. The molecule has 0 bridgehead atoms. The van der Waals surface area contributed by atoms with Crippen molar-refractivity contribution in [1.29, 1.82) is 0 Å². The number of aliphatic carboxylic acids is 1. The second-order valence-electron chi connectivity index (χ2n) is 3.43. The van der Waals surface area contributed by atoms with Gasteiger partial charge in [-0.3, -0.25) is 4.79 Å². The molecule has 1 aliphatic heterocycles. The van der Waals surface area contributed by atoms with Crippen LogP contribution in [0.4, 0.5) is 0 Å². The van der Waals surface area contributed by atoms with Gasteiger partial charge in [-0.25, -0.2) is 4.79 Å². The summed E-state index contributed by atoms with van der Waals surface area (Å²) in [6, 6.07) is 0.144. The van der Waals surface area contributed by atoms with Crippen molar-refractivity contribution >= 4 is 11.9 Å². The van der Waals surface area contributed by atoms with Crippen molar-refractivity contribution in [2.24, 2.45) is 0 Å². The maximum atomic E-state index is 11.1. The van der Waals surface area contributed by atoms with Gasteiger partial charge in [-0.15, -0.1) is 0 Å². The summed E-state index contributed by atoms with van der Waals surface area (Å²) in [4.78, 5) is 23.4. The van der Waals surface area contributed by atoms with Crippen LogP contribution in [0.2, 0.25) is 0 Å². The van der Waals surface area contributed by atoms with Gasteiger partial charge >= 0.3 is 5.97 Å². The Labute approximate surface area is 82.4 Å². The van der Waals surface area contributed by atoms with Crippen molar-refractivity contribution < 1.29 is 14.7 Å². The lowest BCUT2D eigenvalue weighted by molar-refractivity contribution is -0.131. The molecule has 5 nitrogen and oxygen atoms in total. The van der Waals surface area contributed by atoms with E-state index in [2.05, 4.69) is 10.2 Å². The number of carboxylic acids is 1. The molecule has 1 rings (SSSR count). The minimum atomic E-state index is -1.11. The molecule has 14 heavy (non-hydrogen) atoms. The minimum Gasteiger partial charge on any atom is -0.478 e. The van der Waals surface area contributed by atoms with Crippen molar-refractivity contribution in [3.63, 3.8) is 0 Å². The van der Waals surface area contributed by atoms with Crippen LogP contribution in [-0.4, -0.2) is 48.1 Å². The zero-order valence-electron chi connectivity index (χ0n) is 8.06. The average Bonchev–Trinajstić information content (AvgIpc) is 2.48. The van der Waals surface area contributed by atoms with E-state index in [9.17, 15) is 9.59 Å². The summed E-state index contributed by atoms with van der Waals surface area (Å²) in [5.74, 6) is -1.45. The third kappa shape index (κ3) is 3.57. The quantitative estimate of drug-likeness (QED) is 0.597. The number of rotatable bonds is 3. The molecule has 1 fully saturated rings. The van der Waals surface area contributed by atoms with Crippen LogP contribution in [0.3, 0.4) is 0 Å². The molecule has 1 unspecified atom stereocenters. The summed E-state index contributed by atoms with van der Waals surface area (Å²) in [5.41, 5.74) is 0. The van der Waals surface area contributed by atoms with Gasteiger partial charge in [0.15, 0.2) is 0 Å². The number of carbonyl (C=O) groups is 2. The second-order valence-corrected chi connectivity index (χ2v) is 3.43. The minimum absolute atomic E-state index is 0.144. The number of carbonyl (C=O) groups excluding carboxylic acids is 1. The van der Waals surface area contributed by atoms with E-state index in [-0.39, 0.29) is 11.9 Å². The molecule has 1 amide bonds. The average molecular weight is 198 g/mol. The number of carboxylic acid groups (broad SMARTS) is 1. The first-order chi connectivity index (χ1) is 6.58. The van der Waals surface area contributed by atoms with E-state index >= 15 is 0 Å². The molecule has 0 aromatic heterocycles. The lowest BCUT2D eigenvalue weighted by Gasteiger charge is -2.10. The molecule has 0 radical (unpaired) electrons. The predicted octanol–water partition coefficient (Wildman–Crippen LogP) is -0.552. The van der Waals surface area contributed by atoms with Gasteiger partial charge in [0, 0.05) is 24.7 Å². The molecule has 0 spiro atoms. The Morgan fingerprint density at radius 2 is 2.21 bits per heavy atom. The maximum Gasteiger partial charge on any atom is 0.328 e. The summed E-state index contributed by atoms with van der Waals surface area (Å²) in [6.45, 7) is 1.79. The summed E-state index contributed by atoms with van der Waals surface area (Å²) < 4.78 is 0. The van der Waals surface area contributed by atoms with Gasteiger partial charge in [0.05, 0.1) is 0 Å². The predicted molar refractivity (Wildman–Crippen MR) is 50.8 cm³/mol. The van der Waals surface area contributed by atoms with Gasteiger partial charge in [-0.1, -0.05) is 0 Å². The molecule has 1 aliphatic rings. The molecule has 0 aromatic carbocycles. The topological polar surface area (TPSA) is 69.6 Å². The van der Waals surface area contributed by atoms with Crippen LogP contribution in [0.5, 0.6) is 0 Å². The Morgan fingerprint density at radius 1 is 1.50 bits per heavy atom. The largest absolute Gasteiger partial charge is 0.478 e. The monoisotopic (exact) mass is 198 g/mol. The molecule has 2 N–H and O–H groups in total. The first-order valence-electron chi connectivity index (χ1n) is 4.48. The Bertz CT molecular complexity index is 263. The zero-order chi connectivity index (χ0) is 10.6. The third-order valence-corrected chi connectivity index (χ3v) is 2.12. The molecule has 0 aromatic rings. The van der Waals surface area contributed by atoms with Crippen molar-refractivity contribution in [2.45, 2.75) is 12.5 Å². The second kappa shape index (κ2) is 4.76. The van der Waals surface area contributed by atoms with E-state index in [1.165, 1.54) is 0 Å². The Kier molecular flexibility index (Phi) is 3.64. The Hall–Kier alpha value is -1.36. The van der Waals surface area contributed by atoms with Crippen molar-refractivity contribution in [1.82, 2.24) is 10.2 Å². The van der Waals surface area contributed by atoms with E-state index in [1.807, 2.05) is 7.05 Å². The molecule has 0 saturated carbocycles. The third-order valence-electron chi connectivity index (χ3n) is 2.12. The Balaban J connectivity index is 2.30. The van der Waals surface area contributed by atoms with Crippen molar-refractivity contribution in [2.75, 3.05) is 20.1 Å². The summed E-state index contributed by atoms with van der Waals surface area (Å²) >= 11 is 0. The highest BCUT2D eigenvalue weighted by atomic mass is 16.4. The van der Waals surface area contributed by atoms with Gasteiger partial charge in [-0.05, 0) is 20.0 Å². The summed E-state index contributed by atoms with van der Waals surface area (Å²) in [7, 11) is 1.99. The lowest BCUT2D eigenvalue weighted by atomic mass is 10.2. The van der Waals surface area contributed by atoms with Gasteiger partial charge in [0.25, 0.3) is 0 Å². The normalized spacial score (nSPS) is 22.8. The summed E-state index contributed by atoms with van der Waals surface area (Å²) in [6.07, 6.45) is 2.80. The van der Waals surface area contributed by atoms with Crippen LogP contribution in [0.1, 0.15) is 6.42 Å². The number of hydrogen-bond donors (Lipinski definition) is 2. The molecule has 1 atom stereocenters. The lowest BCUT2D eigenvalue weighted by Crippen LogP contribution is -2.35. The number of likely N-dealkylation sites (N-methyl/N-ethyl adjacent to an activating group) is 1. The van der Waals surface area contributed by atoms with E-state index < -0.39 is 5.97 Å². The van der Waals surface area contributed by atoms with Crippen LogP contribution in [-0.2, 0) is 9.59 Å². The molecule has 5 heteroatoms. The van der Waals surface area contributed by atoms with Crippen molar-refractivity contribution in [3.05, 3.63) is 12.2 Å². The molecule has 0 aliphatic carbocycles. The zero-order valence-corrected chi connectivity index (χ0v) is 8.06. The number of likely N-dealkylation sites (tertiary alicyclic amines) is 1. The van der Waals surface area contributed by atoms with E-state index in [0.29, 0.717) is 0 Å². The highest BCUT2D eigenvalue weighted by molar-refractivity contribution is 5.94. The first kappa shape index (κ1) is 10.7. The fourth-order valence-electron chi connectivity index (χ4n) is 1.45. The molecule has 1 heterocycles. The highest BCUT2D eigenvalue weighted by Gasteiger charge is 2.19. The molecule has 1 saturated heterocycles. The van der Waals surface area contributed by atoms with Crippen LogP contribution >= 0.6 is 0 Å². The maximum absolute atomic E-state index is 11.1. The van der Waals surface area contributed by atoms with Crippen LogP contribution in [0.25, 0.3) is 0 Å². The molecule has 78 valence electrons. The smallest absolute Gasteiger partial charge is 0.328 e. The summed E-state index contributed by atoms with van der Waals surface area (Å²) in [5, 5.41) is 11.0. The van der Waals surface area contributed by atoms with Gasteiger partial charge in [-0.2, -0.15) is 0 Å². The number of amides is 1. The van der Waals surface area contributed by atoms with Crippen LogP contribution in [0, 0.1) is 0 Å². The van der Waals surface area contributed by atoms with E-state index in [0.717, 1.165) is 31.7 Å².